The maximum atomic E-state index is 12.4. The molecular weight excluding hydrogens is 298 g/mol. The summed E-state index contributed by atoms with van der Waals surface area (Å²) in [5.74, 6) is -0.866. The van der Waals surface area contributed by atoms with Crippen molar-refractivity contribution in [2.24, 2.45) is 5.92 Å². The molecule has 2 rings (SSSR count). The second-order valence-electron chi connectivity index (χ2n) is 4.79. The minimum Gasteiger partial charge on any atom is -0.497 e. The Hall–Kier alpha value is -1.80. The third-order valence-electron chi connectivity index (χ3n) is 3.30. The number of aliphatic carboxylic acids is 1. The van der Waals surface area contributed by atoms with Gasteiger partial charge in [0.15, 0.2) is 0 Å². The van der Waals surface area contributed by atoms with Crippen LogP contribution in [0.1, 0.15) is 12.8 Å². The first-order chi connectivity index (χ1) is 9.89. The second kappa shape index (κ2) is 5.90. The first-order valence-corrected chi connectivity index (χ1v) is 7.84. The molecule has 116 valence electrons. The highest BCUT2D eigenvalue weighted by molar-refractivity contribution is 7.89. The first kappa shape index (κ1) is 15.6. The number of carboxylic acids is 1. The molecule has 1 saturated carbocycles. The van der Waals surface area contributed by atoms with E-state index in [1.165, 1.54) is 26.4 Å². The van der Waals surface area contributed by atoms with Crippen LogP contribution in [0.25, 0.3) is 0 Å². The van der Waals surface area contributed by atoms with E-state index in [-0.39, 0.29) is 16.6 Å². The number of rotatable bonds is 7. The quantitative estimate of drug-likeness (QED) is 0.773. The van der Waals surface area contributed by atoms with E-state index in [0.717, 1.165) is 0 Å². The van der Waals surface area contributed by atoms with E-state index in [9.17, 15) is 13.2 Å². The Bertz CT molecular complexity index is 638. The molecule has 1 aromatic rings. The van der Waals surface area contributed by atoms with Crippen molar-refractivity contribution in [1.29, 1.82) is 0 Å². The maximum Gasteiger partial charge on any atom is 0.322 e. The minimum atomic E-state index is -4.02. The van der Waals surface area contributed by atoms with Crippen LogP contribution in [0.2, 0.25) is 0 Å². The van der Waals surface area contributed by atoms with Gasteiger partial charge in [-0.05, 0) is 30.9 Å². The Morgan fingerprint density at radius 2 is 2.00 bits per heavy atom. The van der Waals surface area contributed by atoms with Crippen LogP contribution >= 0.6 is 0 Å². The molecule has 0 aliphatic heterocycles. The summed E-state index contributed by atoms with van der Waals surface area (Å²) >= 11 is 0. The van der Waals surface area contributed by atoms with Crippen molar-refractivity contribution >= 4 is 16.0 Å². The number of carbonyl (C=O) groups is 1. The molecule has 2 N–H and O–H groups in total. The zero-order chi connectivity index (χ0) is 15.6. The summed E-state index contributed by atoms with van der Waals surface area (Å²) in [5.41, 5.74) is 0. The van der Waals surface area contributed by atoms with Crippen molar-refractivity contribution in [1.82, 2.24) is 4.72 Å². The predicted octanol–water partition coefficient (Wildman–Crippen LogP) is 0.845. The van der Waals surface area contributed by atoms with Crippen LogP contribution in [0, 0.1) is 5.92 Å². The van der Waals surface area contributed by atoms with E-state index in [1.807, 2.05) is 0 Å². The molecule has 1 aromatic carbocycles. The van der Waals surface area contributed by atoms with Gasteiger partial charge in [-0.2, -0.15) is 4.72 Å². The van der Waals surface area contributed by atoms with Gasteiger partial charge in [0.05, 0.1) is 14.2 Å². The van der Waals surface area contributed by atoms with Crippen molar-refractivity contribution in [2.45, 2.75) is 23.8 Å². The molecule has 0 heterocycles. The summed E-state index contributed by atoms with van der Waals surface area (Å²) in [6, 6.07) is 3.20. The molecule has 21 heavy (non-hydrogen) atoms. The fourth-order valence-corrected chi connectivity index (χ4v) is 3.44. The van der Waals surface area contributed by atoms with Crippen molar-refractivity contribution in [3.63, 3.8) is 0 Å². The topological polar surface area (TPSA) is 102 Å². The van der Waals surface area contributed by atoms with Gasteiger partial charge < -0.3 is 14.6 Å². The molecule has 1 unspecified atom stereocenters. The summed E-state index contributed by atoms with van der Waals surface area (Å²) in [5, 5.41) is 9.14. The van der Waals surface area contributed by atoms with Crippen LogP contribution in [-0.2, 0) is 14.8 Å². The van der Waals surface area contributed by atoms with Gasteiger partial charge in [0, 0.05) is 6.07 Å². The van der Waals surface area contributed by atoms with Gasteiger partial charge in [-0.25, -0.2) is 8.42 Å². The number of sulfonamides is 1. The normalized spacial score (nSPS) is 16.3. The first-order valence-electron chi connectivity index (χ1n) is 6.36. The molecule has 1 fully saturated rings. The fourth-order valence-electron chi connectivity index (χ4n) is 2.00. The fraction of sp³-hybridized carbons (Fsp3) is 0.462. The van der Waals surface area contributed by atoms with Crippen LogP contribution in [0.5, 0.6) is 11.5 Å². The molecule has 1 aliphatic rings. The number of hydrogen-bond acceptors (Lipinski definition) is 5. The Balaban J connectivity index is 2.36. The van der Waals surface area contributed by atoms with E-state index in [2.05, 4.69) is 4.72 Å². The zero-order valence-electron chi connectivity index (χ0n) is 11.7. The minimum absolute atomic E-state index is 0.128. The van der Waals surface area contributed by atoms with Gasteiger partial charge in [-0.15, -0.1) is 0 Å². The smallest absolute Gasteiger partial charge is 0.322 e. The van der Waals surface area contributed by atoms with E-state index in [0.29, 0.717) is 18.6 Å². The molecule has 0 aromatic heterocycles. The number of methoxy groups -OCH3 is 2. The Morgan fingerprint density at radius 3 is 2.48 bits per heavy atom. The van der Waals surface area contributed by atoms with Crippen LogP contribution in [0.15, 0.2) is 23.1 Å². The molecule has 1 aliphatic carbocycles. The van der Waals surface area contributed by atoms with Gasteiger partial charge in [-0.3, -0.25) is 4.79 Å². The predicted molar refractivity (Wildman–Crippen MR) is 74.0 cm³/mol. The van der Waals surface area contributed by atoms with Crippen LogP contribution < -0.4 is 14.2 Å². The van der Waals surface area contributed by atoms with E-state index < -0.39 is 22.0 Å². The number of benzene rings is 1. The van der Waals surface area contributed by atoms with Crippen molar-refractivity contribution in [3.05, 3.63) is 18.2 Å². The average Bonchev–Trinajstić information content (AvgIpc) is 3.28. The van der Waals surface area contributed by atoms with Gasteiger partial charge in [0.2, 0.25) is 10.0 Å². The highest BCUT2D eigenvalue weighted by Gasteiger charge is 2.39. The largest absolute Gasteiger partial charge is 0.497 e. The summed E-state index contributed by atoms with van der Waals surface area (Å²) in [4.78, 5) is 11.0. The lowest BCUT2D eigenvalue weighted by Crippen LogP contribution is -2.42. The standard InChI is InChI=1S/C13H17NO6S/c1-19-9-5-6-10(20-2)11(7-9)21(17,18)14-12(13(15)16)8-3-4-8/h5-8,12,14H,3-4H2,1-2H3,(H,15,16). The van der Waals surface area contributed by atoms with Gasteiger partial charge in [0.1, 0.15) is 22.4 Å². The Kier molecular flexibility index (Phi) is 4.38. The lowest BCUT2D eigenvalue weighted by Gasteiger charge is -2.16. The lowest BCUT2D eigenvalue weighted by molar-refractivity contribution is -0.139. The van der Waals surface area contributed by atoms with Crippen LogP contribution in [0.4, 0.5) is 0 Å². The molecule has 0 radical (unpaired) electrons. The monoisotopic (exact) mass is 315 g/mol. The molecular formula is C13H17NO6S. The highest BCUT2D eigenvalue weighted by atomic mass is 32.2. The molecule has 1 atom stereocenters. The Morgan fingerprint density at radius 1 is 1.33 bits per heavy atom. The van der Waals surface area contributed by atoms with Crippen LogP contribution in [-0.4, -0.2) is 39.8 Å². The number of nitrogens with one attached hydrogen (secondary N) is 1. The molecule has 8 heteroatoms. The molecule has 0 amide bonds. The number of carboxylic acid groups (broad SMARTS) is 1. The summed E-state index contributed by atoms with van der Waals surface area (Å²) in [6.07, 6.45) is 1.41. The second-order valence-corrected chi connectivity index (χ2v) is 6.47. The SMILES string of the molecule is COc1ccc(OC)c(S(=O)(=O)NC(C(=O)O)C2CC2)c1. The van der Waals surface area contributed by atoms with Crippen molar-refractivity contribution in [2.75, 3.05) is 14.2 Å². The average molecular weight is 315 g/mol. The summed E-state index contributed by atoms with van der Waals surface area (Å²) in [6.45, 7) is 0. The van der Waals surface area contributed by atoms with E-state index >= 15 is 0 Å². The summed E-state index contributed by atoms with van der Waals surface area (Å²) < 4.78 is 37.1. The van der Waals surface area contributed by atoms with Gasteiger partial charge in [-0.1, -0.05) is 0 Å². The van der Waals surface area contributed by atoms with Crippen LogP contribution in [0.3, 0.4) is 0 Å². The number of hydrogen-bond donors (Lipinski definition) is 2. The lowest BCUT2D eigenvalue weighted by atomic mass is 10.2. The summed E-state index contributed by atoms with van der Waals surface area (Å²) in [7, 11) is -1.26. The van der Waals surface area contributed by atoms with E-state index in [1.54, 1.807) is 6.07 Å². The van der Waals surface area contributed by atoms with Crippen molar-refractivity contribution < 1.29 is 27.8 Å². The maximum absolute atomic E-state index is 12.4. The van der Waals surface area contributed by atoms with E-state index in [4.69, 9.17) is 14.6 Å². The third kappa shape index (κ3) is 3.45. The zero-order valence-corrected chi connectivity index (χ0v) is 12.5. The van der Waals surface area contributed by atoms with Gasteiger partial charge >= 0.3 is 5.97 Å². The highest BCUT2D eigenvalue weighted by Crippen LogP contribution is 2.34. The molecule has 0 bridgehead atoms. The number of ether oxygens (including phenoxy) is 2. The van der Waals surface area contributed by atoms with Crippen molar-refractivity contribution in [3.8, 4) is 11.5 Å². The molecule has 0 saturated heterocycles. The van der Waals surface area contributed by atoms with Gasteiger partial charge in [0.25, 0.3) is 0 Å². The molecule has 0 spiro atoms. The third-order valence-corrected chi connectivity index (χ3v) is 4.76. The Labute approximate surface area is 122 Å². The molecule has 7 nitrogen and oxygen atoms in total.